The second kappa shape index (κ2) is 15.8. The molecule has 2 fully saturated rings. The van der Waals surface area contributed by atoms with Crippen molar-refractivity contribution in [1.29, 1.82) is 0 Å². The van der Waals surface area contributed by atoms with E-state index >= 15 is 0 Å². The van der Waals surface area contributed by atoms with E-state index < -0.39 is 29.2 Å². The summed E-state index contributed by atoms with van der Waals surface area (Å²) in [6.45, 7) is 7.88. The minimum absolute atomic E-state index is 0.0368. The lowest BCUT2D eigenvalue weighted by Gasteiger charge is -2.30. The number of allylic oxidation sites excluding steroid dienone is 2. The minimum atomic E-state index is -0.946. The Labute approximate surface area is 305 Å². The van der Waals surface area contributed by atoms with Crippen molar-refractivity contribution in [1.82, 2.24) is 30.4 Å². The standard InChI is InChI=1S/C40H50N6O6/c1-5-51-37(49)40-23-31(40)16-12-7-6-8-13-17-32(41-38(50)52-39(2,3)4)36(48)45-26-30(22-33(45)34(47)24-40)35-42-43-44-46(35)25-27-18-20-29(21-19-27)28-14-10-9-11-15-28/h9-12,14-16,18-21,30-33H,5-8,13,17,22-26H2,1-4H3,(H,41,50)/b16-12-/t30-,31-,32+,33+,40-/m1/s1. The number of nitrogens with one attached hydrogen (secondary N) is 1. The summed E-state index contributed by atoms with van der Waals surface area (Å²) >= 11 is 0. The van der Waals surface area contributed by atoms with Crippen LogP contribution in [0.3, 0.4) is 0 Å². The predicted molar refractivity (Wildman–Crippen MR) is 194 cm³/mol. The number of hydrogen-bond donors (Lipinski definition) is 1. The number of ketones is 1. The Morgan fingerprint density at radius 1 is 1.00 bits per heavy atom. The molecule has 12 nitrogen and oxygen atoms in total. The summed E-state index contributed by atoms with van der Waals surface area (Å²) in [6, 6.07) is 16.6. The number of esters is 1. The third-order valence-electron chi connectivity index (χ3n) is 10.3. The Morgan fingerprint density at radius 3 is 2.48 bits per heavy atom. The Bertz CT molecular complexity index is 1770. The molecule has 1 aliphatic carbocycles. The van der Waals surface area contributed by atoms with Crippen molar-refractivity contribution >= 4 is 23.8 Å². The topological polar surface area (TPSA) is 146 Å². The Kier molecular flexibility index (Phi) is 11.2. The van der Waals surface area contributed by atoms with E-state index in [0.717, 1.165) is 36.0 Å². The molecule has 2 amide bonds. The number of benzene rings is 2. The number of amides is 2. The predicted octanol–water partition coefficient (Wildman–Crippen LogP) is 6.02. The van der Waals surface area contributed by atoms with Gasteiger partial charge < -0.3 is 19.7 Å². The van der Waals surface area contributed by atoms with Crippen molar-refractivity contribution in [3.05, 3.63) is 78.1 Å². The number of ether oxygens (including phenoxy) is 2. The Morgan fingerprint density at radius 2 is 1.75 bits per heavy atom. The van der Waals surface area contributed by atoms with Gasteiger partial charge in [-0.15, -0.1) is 5.10 Å². The van der Waals surface area contributed by atoms with Crippen LogP contribution in [0.4, 0.5) is 4.79 Å². The zero-order valence-electron chi connectivity index (χ0n) is 30.6. The fourth-order valence-corrected chi connectivity index (χ4v) is 7.55. The van der Waals surface area contributed by atoms with Crippen LogP contribution in [0.5, 0.6) is 0 Å². The minimum Gasteiger partial charge on any atom is -0.466 e. The van der Waals surface area contributed by atoms with Gasteiger partial charge >= 0.3 is 12.1 Å². The molecule has 1 aromatic heterocycles. The highest BCUT2D eigenvalue weighted by Crippen LogP contribution is 2.58. The largest absolute Gasteiger partial charge is 0.466 e. The number of rotatable bonds is 7. The highest BCUT2D eigenvalue weighted by Gasteiger charge is 2.61. The quantitative estimate of drug-likeness (QED) is 0.230. The first-order chi connectivity index (χ1) is 25.0. The number of fused-ring (bicyclic) bond motifs is 2. The first kappa shape index (κ1) is 36.9. The molecule has 6 rings (SSSR count). The van der Waals surface area contributed by atoms with E-state index in [9.17, 15) is 19.2 Å². The Hall–Kier alpha value is -4.87. The summed E-state index contributed by atoms with van der Waals surface area (Å²) < 4.78 is 12.7. The van der Waals surface area contributed by atoms with Gasteiger partial charge in [-0.25, -0.2) is 9.48 Å². The third-order valence-corrected chi connectivity index (χ3v) is 10.3. The third kappa shape index (κ3) is 8.59. The molecular formula is C40H50N6O6. The number of aromatic nitrogens is 4. The van der Waals surface area contributed by atoms with Gasteiger partial charge in [-0.3, -0.25) is 14.4 Å². The van der Waals surface area contributed by atoms with Gasteiger partial charge in [0.15, 0.2) is 11.6 Å². The maximum Gasteiger partial charge on any atom is 0.408 e. The van der Waals surface area contributed by atoms with Crippen molar-refractivity contribution in [3.63, 3.8) is 0 Å². The van der Waals surface area contributed by atoms with Gasteiger partial charge in [-0.2, -0.15) is 0 Å². The van der Waals surface area contributed by atoms with Crippen LogP contribution < -0.4 is 5.32 Å². The molecule has 3 aromatic rings. The van der Waals surface area contributed by atoms with Gasteiger partial charge in [0.2, 0.25) is 5.91 Å². The van der Waals surface area contributed by atoms with Crippen molar-refractivity contribution < 1.29 is 28.7 Å². The number of hydrogen-bond acceptors (Lipinski definition) is 9. The number of tetrazole rings is 1. The molecule has 0 bridgehead atoms. The van der Waals surface area contributed by atoms with E-state index in [1.165, 1.54) is 0 Å². The summed E-state index contributed by atoms with van der Waals surface area (Å²) in [4.78, 5) is 56.8. The lowest BCUT2D eigenvalue weighted by Crippen LogP contribution is -2.52. The number of carbonyl (C=O) groups excluding carboxylic acids is 4. The SMILES string of the molecule is CCOC(=O)[C@]12CC(=O)[C@@H]3C[C@@H](c4nnnn4Cc4ccc(-c5ccccc5)cc4)CN3C(=O)[C@@H](NC(=O)OC(C)(C)C)CCCCC/C=C\[C@@H]1C2. The van der Waals surface area contributed by atoms with Crippen LogP contribution in [-0.4, -0.2) is 79.7 Å². The van der Waals surface area contributed by atoms with Gasteiger partial charge in [-0.1, -0.05) is 79.6 Å². The zero-order valence-corrected chi connectivity index (χ0v) is 30.6. The van der Waals surface area contributed by atoms with Crippen molar-refractivity contribution in [2.45, 2.75) is 109 Å². The first-order valence-corrected chi connectivity index (χ1v) is 18.5. The average Bonchev–Trinajstić information content (AvgIpc) is 3.39. The van der Waals surface area contributed by atoms with E-state index in [-0.39, 0.29) is 55.5 Å². The van der Waals surface area contributed by atoms with Crippen LogP contribution in [0.25, 0.3) is 11.1 Å². The van der Waals surface area contributed by atoms with Gasteiger partial charge in [0.1, 0.15) is 11.6 Å². The van der Waals surface area contributed by atoms with Gasteiger partial charge in [-0.05, 0) is 92.8 Å². The smallest absolute Gasteiger partial charge is 0.408 e. The zero-order chi connectivity index (χ0) is 36.9. The molecule has 276 valence electrons. The summed E-state index contributed by atoms with van der Waals surface area (Å²) in [7, 11) is 0. The molecule has 52 heavy (non-hydrogen) atoms. The van der Waals surface area contributed by atoms with Crippen LogP contribution >= 0.6 is 0 Å². The number of carbonyl (C=O) groups is 4. The maximum atomic E-state index is 14.5. The Balaban J connectivity index is 1.28. The molecule has 3 heterocycles. The van der Waals surface area contributed by atoms with E-state index in [1.54, 1.807) is 37.3 Å². The summed E-state index contributed by atoms with van der Waals surface area (Å²) in [5, 5.41) is 15.5. The number of alkyl carbamates (subject to hydrolysis) is 1. The summed E-state index contributed by atoms with van der Waals surface area (Å²) in [5.41, 5.74) is 1.52. The van der Waals surface area contributed by atoms with Crippen LogP contribution in [0.1, 0.15) is 96.4 Å². The van der Waals surface area contributed by atoms with Crippen molar-refractivity contribution in [2.75, 3.05) is 13.2 Å². The van der Waals surface area contributed by atoms with Gasteiger partial charge in [0.25, 0.3) is 0 Å². The van der Waals surface area contributed by atoms with Crippen molar-refractivity contribution in [2.24, 2.45) is 11.3 Å². The lowest BCUT2D eigenvalue weighted by molar-refractivity contribution is -0.152. The lowest BCUT2D eigenvalue weighted by atomic mass is 9.91. The molecule has 1 saturated heterocycles. The van der Waals surface area contributed by atoms with E-state index in [2.05, 4.69) is 57.3 Å². The van der Waals surface area contributed by atoms with E-state index in [4.69, 9.17) is 9.47 Å². The maximum absolute atomic E-state index is 14.5. The van der Waals surface area contributed by atoms with Gasteiger partial charge in [0.05, 0.1) is 24.6 Å². The second-order valence-corrected chi connectivity index (χ2v) is 15.3. The molecule has 5 atom stereocenters. The average molecular weight is 711 g/mol. The number of Topliss-reactive ketones (excluding diaryl/α,β-unsaturated/α-hetero) is 1. The molecular weight excluding hydrogens is 660 g/mol. The molecule has 12 heteroatoms. The van der Waals surface area contributed by atoms with Crippen LogP contribution in [-0.2, 0) is 30.4 Å². The molecule has 0 spiro atoms. The van der Waals surface area contributed by atoms with Crippen LogP contribution in [0.15, 0.2) is 66.7 Å². The first-order valence-electron chi connectivity index (χ1n) is 18.5. The van der Waals surface area contributed by atoms with Crippen LogP contribution in [0, 0.1) is 11.3 Å². The highest BCUT2D eigenvalue weighted by atomic mass is 16.6. The molecule has 1 N–H and O–H groups in total. The van der Waals surface area contributed by atoms with Crippen LogP contribution in [0.2, 0.25) is 0 Å². The van der Waals surface area contributed by atoms with Crippen molar-refractivity contribution in [3.8, 4) is 11.1 Å². The van der Waals surface area contributed by atoms with E-state index in [0.29, 0.717) is 31.6 Å². The fraction of sp³-hybridized carbons (Fsp3) is 0.525. The summed E-state index contributed by atoms with van der Waals surface area (Å²) in [6.07, 6.45) is 7.91. The molecule has 2 aromatic carbocycles. The second-order valence-electron chi connectivity index (χ2n) is 15.3. The molecule has 2 aliphatic heterocycles. The highest BCUT2D eigenvalue weighted by molar-refractivity contribution is 5.96. The molecule has 0 radical (unpaired) electrons. The monoisotopic (exact) mass is 710 g/mol. The molecule has 1 saturated carbocycles. The molecule has 0 unspecified atom stereocenters. The normalized spacial score (nSPS) is 26.0. The molecule has 3 aliphatic rings. The number of nitrogens with zero attached hydrogens (tertiary/aromatic N) is 5. The summed E-state index contributed by atoms with van der Waals surface area (Å²) in [5.74, 6) is -0.816. The van der Waals surface area contributed by atoms with E-state index in [1.807, 2.05) is 30.3 Å². The van der Waals surface area contributed by atoms with Gasteiger partial charge in [0, 0.05) is 18.9 Å². The fourth-order valence-electron chi connectivity index (χ4n) is 7.55.